The van der Waals surface area contributed by atoms with Crippen LogP contribution >= 0.6 is 24.4 Å². The molecule has 0 aliphatic heterocycles. The molecule has 1 atom stereocenters. The minimum Gasteiger partial charge on any atom is -0.454 e. The molecule has 1 unspecified atom stereocenters. The number of hydrogen-bond donors (Lipinski definition) is 1. The maximum atomic E-state index is 11.3. The smallest absolute Gasteiger partial charge is 0.319 e. The first-order valence-electron chi connectivity index (χ1n) is 4.23. The first-order valence-corrected chi connectivity index (χ1v) is 5.74. The van der Waals surface area contributed by atoms with Crippen molar-refractivity contribution < 1.29 is 9.53 Å². The van der Waals surface area contributed by atoms with Crippen LogP contribution in [0.3, 0.4) is 0 Å². The van der Waals surface area contributed by atoms with Crippen LogP contribution in [0, 0.1) is 0 Å². The number of carbonyl (C=O) groups is 1. The molecule has 0 fully saturated rings. The molecule has 0 amide bonds. The van der Waals surface area contributed by atoms with Gasteiger partial charge in [-0.3, -0.25) is 4.79 Å². The quantitative estimate of drug-likeness (QED) is 0.371. The van der Waals surface area contributed by atoms with Crippen molar-refractivity contribution in [2.45, 2.75) is 17.1 Å². The summed E-state index contributed by atoms with van der Waals surface area (Å²) < 4.78 is 4.78. The lowest BCUT2D eigenvalue weighted by atomic mass is 10.4. The maximum Gasteiger partial charge on any atom is 0.319 e. The molecular weight excluding hydrogens is 216 g/mol. The van der Waals surface area contributed by atoms with Gasteiger partial charge in [0.2, 0.25) is 0 Å². The molecule has 4 heteroatoms. The summed E-state index contributed by atoms with van der Waals surface area (Å²) in [5, 5.41) is -0.190. The normalized spacial score (nSPS) is 12.1. The Morgan fingerprint density at radius 2 is 2.14 bits per heavy atom. The SMILES string of the molecule is CC(Sc1ccccc1)C(=O)OCS. The molecule has 0 saturated heterocycles. The van der Waals surface area contributed by atoms with Gasteiger partial charge in [0.15, 0.2) is 0 Å². The van der Waals surface area contributed by atoms with Crippen molar-refractivity contribution in [2.24, 2.45) is 0 Å². The van der Waals surface area contributed by atoms with Crippen molar-refractivity contribution in [3.05, 3.63) is 30.3 Å². The predicted molar refractivity (Wildman–Crippen MR) is 61.7 cm³/mol. The average Bonchev–Trinajstić information content (AvgIpc) is 2.19. The topological polar surface area (TPSA) is 26.3 Å². The van der Waals surface area contributed by atoms with E-state index in [1.807, 2.05) is 37.3 Å². The van der Waals surface area contributed by atoms with Crippen molar-refractivity contribution in [3.8, 4) is 0 Å². The van der Waals surface area contributed by atoms with Gasteiger partial charge < -0.3 is 4.74 Å². The van der Waals surface area contributed by atoms with E-state index in [9.17, 15) is 4.79 Å². The molecule has 1 aromatic carbocycles. The number of ether oxygens (including phenoxy) is 1. The van der Waals surface area contributed by atoms with Crippen LogP contribution in [0.5, 0.6) is 0 Å². The number of thioether (sulfide) groups is 1. The fourth-order valence-corrected chi connectivity index (χ4v) is 1.95. The third kappa shape index (κ3) is 3.64. The number of thiol groups is 1. The molecule has 0 aromatic heterocycles. The molecule has 0 N–H and O–H groups in total. The van der Waals surface area contributed by atoms with E-state index in [2.05, 4.69) is 12.6 Å². The van der Waals surface area contributed by atoms with E-state index in [1.54, 1.807) is 0 Å². The van der Waals surface area contributed by atoms with Gasteiger partial charge in [-0.25, -0.2) is 0 Å². The molecular formula is C10H12O2S2. The summed E-state index contributed by atoms with van der Waals surface area (Å²) in [6.45, 7) is 1.82. The third-order valence-corrected chi connectivity index (χ3v) is 2.81. The van der Waals surface area contributed by atoms with Gasteiger partial charge in [-0.2, -0.15) is 0 Å². The Kier molecular flexibility index (Phi) is 4.90. The standard InChI is InChI=1S/C10H12O2S2/c1-8(10(11)12-7-13)14-9-5-3-2-4-6-9/h2-6,8,13H,7H2,1H3. The Morgan fingerprint density at radius 3 is 2.71 bits per heavy atom. The first kappa shape index (κ1) is 11.5. The summed E-state index contributed by atoms with van der Waals surface area (Å²) in [5.74, 6) is -0.0905. The predicted octanol–water partition coefficient (Wildman–Crippen LogP) is 2.60. The van der Waals surface area contributed by atoms with Gasteiger partial charge in [0.25, 0.3) is 0 Å². The average molecular weight is 228 g/mol. The van der Waals surface area contributed by atoms with Crippen LogP contribution in [0.25, 0.3) is 0 Å². The second-order valence-electron chi connectivity index (χ2n) is 2.67. The zero-order valence-electron chi connectivity index (χ0n) is 7.84. The van der Waals surface area contributed by atoms with E-state index < -0.39 is 0 Å². The molecule has 0 aliphatic rings. The van der Waals surface area contributed by atoms with Crippen LogP contribution in [0.15, 0.2) is 35.2 Å². The van der Waals surface area contributed by atoms with Gasteiger partial charge in [-0.15, -0.1) is 24.4 Å². The molecule has 0 spiro atoms. The van der Waals surface area contributed by atoms with Gasteiger partial charge in [-0.1, -0.05) is 18.2 Å². The molecule has 76 valence electrons. The van der Waals surface area contributed by atoms with Crippen molar-refractivity contribution in [3.63, 3.8) is 0 Å². The van der Waals surface area contributed by atoms with E-state index in [1.165, 1.54) is 11.8 Å². The summed E-state index contributed by atoms with van der Waals surface area (Å²) in [6.07, 6.45) is 0. The highest BCUT2D eigenvalue weighted by molar-refractivity contribution is 8.00. The highest BCUT2D eigenvalue weighted by atomic mass is 32.2. The molecule has 0 heterocycles. The van der Waals surface area contributed by atoms with Crippen LogP contribution in [0.1, 0.15) is 6.92 Å². The monoisotopic (exact) mass is 228 g/mol. The van der Waals surface area contributed by atoms with Gasteiger partial charge in [0, 0.05) is 4.90 Å². The van der Waals surface area contributed by atoms with Gasteiger partial charge in [0.1, 0.15) is 11.2 Å². The molecule has 0 saturated carbocycles. The lowest BCUT2D eigenvalue weighted by Crippen LogP contribution is -2.15. The van der Waals surface area contributed by atoms with Crippen LogP contribution in [0.4, 0.5) is 0 Å². The molecule has 1 rings (SSSR count). The largest absolute Gasteiger partial charge is 0.454 e. The molecule has 2 nitrogen and oxygen atoms in total. The number of rotatable bonds is 4. The Bertz CT molecular complexity index is 287. The summed E-state index contributed by atoms with van der Waals surface area (Å²) in [5.41, 5.74) is 0. The Labute approximate surface area is 93.4 Å². The molecule has 14 heavy (non-hydrogen) atoms. The Morgan fingerprint density at radius 1 is 1.50 bits per heavy atom. The maximum absolute atomic E-state index is 11.3. The summed E-state index contributed by atoms with van der Waals surface area (Å²) in [6, 6.07) is 9.77. The number of carbonyl (C=O) groups excluding carboxylic acids is 1. The minimum absolute atomic E-state index is 0.137. The molecule has 0 bridgehead atoms. The minimum atomic E-state index is -0.228. The molecule has 0 aliphatic carbocycles. The van der Waals surface area contributed by atoms with E-state index in [-0.39, 0.29) is 17.2 Å². The summed E-state index contributed by atoms with van der Waals surface area (Å²) in [7, 11) is 0. The number of esters is 1. The van der Waals surface area contributed by atoms with E-state index in [0.717, 1.165) is 4.90 Å². The van der Waals surface area contributed by atoms with Gasteiger partial charge in [-0.05, 0) is 19.1 Å². The van der Waals surface area contributed by atoms with Gasteiger partial charge >= 0.3 is 5.97 Å². The Hall–Kier alpha value is -0.610. The van der Waals surface area contributed by atoms with Crippen LogP contribution in [-0.4, -0.2) is 17.2 Å². The van der Waals surface area contributed by atoms with Crippen molar-refractivity contribution in [2.75, 3.05) is 5.94 Å². The van der Waals surface area contributed by atoms with Crippen LogP contribution in [0.2, 0.25) is 0 Å². The van der Waals surface area contributed by atoms with Crippen molar-refractivity contribution in [1.82, 2.24) is 0 Å². The van der Waals surface area contributed by atoms with E-state index in [0.29, 0.717) is 0 Å². The second kappa shape index (κ2) is 5.98. The highest BCUT2D eigenvalue weighted by Crippen LogP contribution is 2.23. The highest BCUT2D eigenvalue weighted by Gasteiger charge is 2.14. The van der Waals surface area contributed by atoms with Crippen molar-refractivity contribution >= 4 is 30.4 Å². The summed E-state index contributed by atoms with van der Waals surface area (Å²) in [4.78, 5) is 12.3. The number of hydrogen-bond acceptors (Lipinski definition) is 4. The van der Waals surface area contributed by atoms with Crippen LogP contribution < -0.4 is 0 Å². The van der Waals surface area contributed by atoms with Crippen LogP contribution in [-0.2, 0) is 9.53 Å². The van der Waals surface area contributed by atoms with Gasteiger partial charge in [0.05, 0.1) is 0 Å². The van der Waals surface area contributed by atoms with Crippen molar-refractivity contribution in [1.29, 1.82) is 0 Å². The van der Waals surface area contributed by atoms with E-state index in [4.69, 9.17) is 4.74 Å². The fourth-order valence-electron chi connectivity index (χ4n) is 0.932. The zero-order valence-corrected chi connectivity index (χ0v) is 9.55. The van der Waals surface area contributed by atoms with E-state index >= 15 is 0 Å². The number of benzene rings is 1. The molecule has 1 aromatic rings. The third-order valence-electron chi connectivity index (χ3n) is 1.59. The molecule has 0 radical (unpaired) electrons. The first-order chi connectivity index (χ1) is 6.74. The Balaban J connectivity index is 2.49. The second-order valence-corrected chi connectivity index (χ2v) is 4.34. The lowest BCUT2D eigenvalue weighted by molar-refractivity contribution is -0.140. The fraction of sp³-hybridized carbons (Fsp3) is 0.300. The zero-order chi connectivity index (χ0) is 10.4. The lowest BCUT2D eigenvalue weighted by Gasteiger charge is -2.09. The summed E-state index contributed by atoms with van der Waals surface area (Å²) >= 11 is 5.31.